The number of primary amides is 1. The highest BCUT2D eigenvalue weighted by Gasteiger charge is 2.44. The van der Waals surface area contributed by atoms with Crippen molar-refractivity contribution < 1.29 is 9.59 Å². The molecule has 0 radical (unpaired) electrons. The van der Waals surface area contributed by atoms with Gasteiger partial charge in [0.05, 0.1) is 5.88 Å². The zero-order chi connectivity index (χ0) is 9.35. The van der Waals surface area contributed by atoms with Crippen LogP contribution in [-0.2, 0) is 9.59 Å². The van der Waals surface area contributed by atoms with Crippen molar-refractivity contribution in [1.29, 1.82) is 0 Å². The van der Waals surface area contributed by atoms with Crippen molar-refractivity contribution in [1.82, 2.24) is 4.90 Å². The predicted octanol–water partition coefficient (Wildman–Crippen LogP) is -0.218. The van der Waals surface area contributed by atoms with E-state index in [-0.39, 0.29) is 4.75 Å². The molecule has 5 heteroatoms. The molecular weight excluding hydrogens is 176 g/mol. The number of carbonyl (C=O) groups excluding carboxylic acids is 2. The highest BCUT2D eigenvalue weighted by Crippen LogP contribution is 2.37. The van der Waals surface area contributed by atoms with Crippen molar-refractivity contribution in [2.75, 3.05) is 5.88 Å². The highest BCUT2D eigenvalue weighted by molar-refractivity contribution is 8.00. The molecule has 1 atom stereocenters. The summed E-state index contributed by atoms with van der Waals surface area (Å²) in [7, 11) is 0. The third-order valence-corrected chi connectivity index (χ3v) is 3.38. The van der Waals surface area contributed by atoms with Crippen molar-refractivity contribution >= 4 is 24.1 Å². The van der Waals surface area contributed by atoms with E-state index in [1.165, 1.54) is 4.90 Å². The first-order chi connectivity index (χ1) is 5.49. The van der Waals surface area contributed by atoms with Crippen molar-refractivity contribution in [2.45, 2.75) is 24.6 Å². The van der Waals surface area contributed by atoms with Gasteiger partial charge in [0.15, 0.2) is 0 Å². The number of hydrogen-bond donors (Lipinski definition) is 1. The van der Waals surface area contributed by atoms with Crippen molar-refractivity contribution in [3.8, 4) is 0 Å². The maximum atomic E-state index is 11.0. The van der Waals surface area contributed by atoms with Crippen molar-refractivity contribution in [3.63, 3.8) is 0 Å². The molecule has 0 aromatic carbocycles. The predicted molar refractivity (Wildman–Crippen MR) is 47.4 cm³/mol. The Balaban J connectivity index is 2.87. The topological polar surface area (TPSA) is 63.4 Å². The number of thioether (sulfide) groups is 1. The fourth-order valence-electron chi connectivity index (χ4n) is 1.39. The molecule has 0 aromatic heterocycles. The number of rotatable bonds is 2. The van der Waals surface area contributed by atoms with Crippen LogP contribution in [0.5, 0.6) is 0 Å². The van der Waals surface area contributed by atoms with Gasteiger partial charge in [0.1, 0.15) is 6.04 Å². The number of amides is 2. The van der Waals surface area contributed by atoms with E-state index in [4.69, 9.17) is 5.73 Å². The van der Waals surface area contributed by atoms with E-state index in [0.717, 1.165) is 0 Å². The summed E-state index contributed by atoms with van der Waals surface area (Å²) in [5, 5.41) is 0. The van der Waals surface area contributed by atoms with Gasteiger partial charge in [0, 0.05) is 4.75 Å². The summed E-state index contributed by atoms with van der Waals surface area (Å²) in [4.78, 5) is 22.9. The van der Waals surface area contributed by atoms with Crippen LogP contribution in [0, 0.1) is 0 Å². The molecule has 2 N–H and O–H groups in total. The first-order valence-corrected chi connectivity index (χ1v) is 4.62. The molecule has 68 valence electrons. The third-order valence-electron chi connectivity index (χ3n) is 1.98. The normalized spacial score (nSPS) is 27.2. The second-order valence-corrected chi connectivity index (χ2v) is 4.90. The summed E-state index contributed by atoms with van der Waals surface area (Å²) >= 11 is 1.56. The van der Waals surface area contributed by atoms with Gasteiger partial charge in [-0.25, -0.2) is 0 Å². The maximum absolute atomic E-state index is 11.0. The van der Waals surface area contributed by atoms with Crippen molar-refractivity contribution in [2.24, 2.45) is 5.73 Å². The van der Waals surface area contributed by atoms with Crippen LogP contribution < -0.4 is 5.73 Å². The molecule has 0 aliphatic carbocycles. The monoisotopic (exact) mass is 188 g/mol. The maximum Gasteiger partial charge on any atom is 0.241 e. The van der Waals surface area contributed by atoms with Gasteiger partial charge >= 0.3 is 0 Å². The Morgan fingerprint density at radius 1 is 1.75 bits per heavy atom. The third kappa shape index (κ3) is 1.41. The van der Waals surface area contributed by atoms with E-state index < -0.39 is 11.9 Å². The van der Waals surface area contributed by atoms with E-state index in [9.17, 15) is 9.59 Å². The Morgan fingerprint density at radius 2 is 2.33 bits per heavy atom. The Bertz CT molecular complexity index is 217. The first kappa shape index (κ1) is 9.38. The van der Waals surface area contributed by atoms with Gasteiger partial charge in [0.25, 0.3) is 0 Å². The summed E-state index contributed by atoms with van der Waals surface area (Å²) < 4.78 is -0.257. The lowest BCUT2D eigenvalue weighted by molar-refractivity contribution is -0.130. The smallest absolute Gasteiger partial charge is 0.241 e. The second kappa shape index (κ2) is 2.97. The lowest BCUT2D eigenvalue weighted by atomic mass is 10.0. The summed E-state index contributed by atoms with van der Waals surface area (Å²) in [6, 6.07) is -0.472. The summed E-state index contributed by atoms with van der Waals surface area (Å²) in [5.74, 6) is 0.113. The lowest BCUT2D eigenvalue weighted by Gasteiger charge is -2.25. The van der Waals surface area contributed by atoms with E-state index >= 15 is 0 Å². The molecule has 1 heterocycles. The van der Waals surface area contributed by atoms with E-state index in [1.807, 2.05) is 13.8 Å². The van der Waals surface area contributed by atoms with Crippen LogP contribution in [-0.4, -0.2) is 33.9 Å². The number of hydrogen-bond acceptors (Lipinski definition) is 3. The van der Waals surface area contributed by atoms with Crippen LogP contribution in [0.2, 0.25) is 0 Å². The Morgan fingerprint density at radius 3 is 2.67 bits per heavy atom. The van der Waals surface area contributed by atoms with E-state index in [1.54, 1.807) is 11.8 Å². The first-order valence-electron chi connectivity index (χ1n) is 3.63. The van der Waals surface area contributed by atoms with E-state index in [2.05, 4.69) is 0 Å². The fourth-order valence-corrected chi connectivity index (χ4v) is 2.49. The molecule has 4 nitrogen and oxygen atoms in total. The van der Waals surface area contributed by atoms with Gasteiger partial charge in [-0.2, -0.15) is 0 Å². The number of nitrogens with zero attached hydrogens (tertiary/aromatic N) is 1. The minimum absolute atomic E-state index is 0.257. The average Bonchev–Trinajstić information content (AvgIpc) is 2.24. The molecule has 0 bridgehead atoms. The van der Waals surface area contributed by atoms with Gasteiger partial charge in [0.2, 0.25) is 12.3 Å². The van der Waals surface area contributed by atoms with Crippen LogP contribution >= 0.6 is 11.8 Å². The molecule has 1 rings (SSSR count). The van der Waals surface area contributed by atoms with Gasteiger partial charge in [-0.15, -0.1) is 11.8 Å². The van der Waals surface area contributed by atoms with Crippen LogP contribution in [0.1, 0.15) is 13.8 Å². The quantitative estimate of drug-likeness (QED) is 0.609. The Kier molecular flexibility index (Phi) is 2.32. The minimum atomic E-state index is -0.472. The van der Waals surface area contributed by atoms with Crippen LogP contribution in [0.15, 0.2) is 0 Å². The molecule has 12 heavy (non-hydrogen) atoms. The fraction of sp³-hybridized carbons (Fsp3) is 0.714. The molecule has 1 aliphatic heterocycles. The van der Waals surface area contributed by atoms with Crippen LogP contribution in [0.25, 0.3) is 0 Å². The summed E-state index contributed by atoms with van der Waals surface area (Å²) in [6.45, 7) is 3.83. The zero-order valence-corrected chi connectivity index (χ0v) is 7.93. The van der Waals surface area contributed by atoms with Crippen LogP contribution in [0.3, 0.4) is 0 Å². The van der Waals surface area contributed by atoms with Gasteiger partial charge in [-0.05, 0) is 13.8 Å². The number of nitrogens with two attached hydrogens (primary N) is 1. The zero-order valence-electron chi connectivity index (χ0n) is 7.11. The summed E-state index contributed by atoms with van der Waals surface area (Å²) in [5.41, 5.74) is 5.19. The molecule has 1 aliphatic rings. The molecule has 1 fully saturated rings. The van der Waals surface area contributed by atoms with Gasteiger partial charge in [-0.3, -0.25) is 9.59 Å². The molecule has 0 saturated carbocycles. The largest absolute Gasteiger partial charge is 0.368 e. The molecule has 1 unspecified atom stereocenters. The molecule has 0 spiro atoms. The van der Waals surface area contributed by atoms with Gasteiger partial charge < -0.3 is 10.6 Å². The Hall–Kier alpha value is -0.710. The highest BCUT2D eigenvalue weighted by atomic mass is 32.2. The number of carbonyl (C=O) groups is 2. The van der Waals surface area contributed by atoms with Crippen LogP contribution in [0.4, 0.5) is 0 Å². The SMILES string of the molecule is CC1(C)SCN(C=O)C1C(N)=O. The minimum Gasteiger partial charge on any atom is -0.368 e. The molecule has 0 aromatic rings. The van der Waals surface area contributed by atoms with Crippen molar-refractivity contribution in [3.05, 3.63) is 0 Å². The van der Waals surface area contributed by atoms with E-state index in [0.29, 0.717) is 12.3 Å². The Labute approximate surface area is 75.5 Å². The van der Waals surface area contributed by atoms with Gasteiger partial charge in [-0.1, -0.05) is 0 Å². The molecule has 2 amide bonds. The standard InChI is InChI=1S/C7H12N2O2S/c1-7(2)5(6(8)11)9(3-10)4-12-7/h3,5H,4H2,1-2H3,(H2,8,11). The summed E-state index contributed by atoms with van der Waals surface area (Å²) in [6.07, 6.45) is 0.678. The molecular formula is C7H12N2O2S. The lowest BCUT2D eigenvalue weighted by Crippen LogP contribution is -2.49. The average molecular weight is 188 g/mol. The second-order valence-electron chi connectivity index (χ2n) is 3.30. The molecule has 1 saturated heterocycles.